The zero-order valence-corrected chi connectivity index (χ0v) is 20.4. The van der Waals surface area contributed by atoms with Gasteiger partial charge >= 0.3 is 0 Å². The van der Waals surface area contributed by atoms with Crippen LogP contribution in [0.1, 0.15) is 23.9 Å². The summed E-state index contributed by atoms with van der Waals surface area (Å²) in [5.41, 5.74) is 4.22. The second-order valence-electron chi connectivity index (χ2n) is 7.41. The fourth-order valence-electron chi connectivity index (χ4n) is 3.27. The maximum Gasteiger partial charge on any atom is 0.236 e. The summed E-state index contributed by atoms with van der Waals surface area (Å²) in [5, 5.41) is 14.8. The summed E-state index contributed by atoms with van der Waals surface area (Å²) in [7, 11) is 1.65. The van der Waals surface area contributed by atoms with Crippen molar-refractivity contribution in [3.63, 3.8) is 0 Å². The molecule has 0 saturated heterocycles. The number of rotatable bonds is 9. The van der Waals surface area contributed by atoms with Crippen LogP contribution in [-0.2, 0) is 17.8 Å². The number of nitrogens with zero attached hydrogens (tertiary/aromatic N) is 4. The number of benzene rings is 2. The third-order valence-electron chi connectivity index (χ3n) is 5.06. The fourth-order valence-corrected chi connectivity index (χ4v) is 4.83. The fraction of sp³-hybridized carbons (Fsp3) is 0.250. The number of amides is 1. The average molecular weight is 480 g/mol. The van der Waals surface area contributed by atoms with Gasteiger partial charge in [0, 0.05) is 23.9 Å². The zero-order chi connectivity index (χ0) is 23.2. The Balaban J connectivity index is 1.35. The van der Waals surface area contributed by atoms with E-state index < -0.39 is 0 Å². The molecular weight excluding hydrogens is 454 g/mol. The number of ether oxygens (including phenoxy) is 1. The number of thiazole rings is 1. The molecule has 9 heteroatoms. The second-order valence-corrected chi connectivity index (χ2v) is 9.21. The number of nitrogens with one attached hydrogen (secondary N) is 1. The predicted molar refractivity (Wildman–Crippen MR) is 133 cm³/mol. The summed E-state index contributed by atoms with van der Waals surface area (Å²) in [6.07, 6.45) is 0.665. The van der Waals surface area contributed by atoms with Crippen LogP contribution in [0.25, 0.3) is 11.3 Å². The maximum atomic E-state index is 12.5. The lowest BCUT2D eigenvalue weighted by atomic mass is 10.1. The highest BCUT2D eigenvalue weighted by atomic mass is 32.2. The van der Waals surface area contributed by atoms with Crippen LogP contribution >= 0.6 is 23.1 Å². The molecule has 0 spiro atoms. The molecule has 170 valence electrons. The van der Waals surface area contributed by atoms with Gasteiger partial charge in [-0.05, 0) is 31.5 Å². The summed E-state index contributed by atoms with van der Waals surface area (Å²) in [6.45, 7) is 4.83. The smallest absolute Gasteiger partial charge is 0.236 e. The van der Waals surface area contributed by atoms with Gasteiger partial charge in [0.15, 0.2) is 10.3 Å². The van der Waals surface area contributed by atoms with Gasteiger partial charge in [0.2, 0.25) is 5.91 Å². The zero-order valence-electron chi connectivity index (χ0n) is 18.7. The molecule has 2 heterocycles. The highest BCUT2D eigenvalue weighted by Gasteiger charge is 2.15. The third-order valence-corrected chi connectivity index (χ3v) is 6.79. The van der Waals surface area contributed by atoms with Gasteiger partial charge in [0.05, 0.1) is 18.6 Å². The molecule has 1 amide bonds. The molecule has 0 atom stereocenters. The van der Waals surface area contributed by atoms with Crippen molar-refractivity contribution in [3.8, 4) is 17.0 Å². The number of thioether (sulfide) groups is 1. The van der Waals surface area contributed by atoms with E-state index in [4.69, 9.17) is 4.74 Å². The SMILES string of the molecule is CCn1c(Cc2ccc(OC)cc2)nnc1SCC(=O)Nc1nc(-c2ccc(C)cc2)cs1. The predicted octanol–water partition coefficient (Wildman–Crippen LogP) is 5.06. The van der Waals surface area contributed by atoms with Crippen LogP contribution < -0.4 is 10.1 Å². The van der Waals surface area contributed by atoms with Crippen molar-refractivity contribution >= 4 is 34.1 Å². The highest BCUT2D eigenvalue weighted by molar-refractivity contribution is 7.99. The maximum absolute atomic E-state index is 12.5. The number of methoxy groups -OCH3 is 1. The lowest BCUT2D eigenvalue weighted by Crippen LogP contribution is -2.14. The molecule has 0 unspecified atom stereocenters. The van der Waals surface area contributed by atoms with Crippen molar-refractivity contribution in [2.24, 2.45) is 0 Å². The summed E-state index contributed by atoms with van der Waals surface area (Å²) in [5.74, 6) is 1.81. The molecule has 2 aromatic carbocycles. The number of aryl methyl sites for hydroxylation is 1. The first kappa shape index (κ1) is 23.0. The topological polar surface area (TPSA) is 81.9 Å². The second kappa shape index (κ2) is 10.6. The molecule has 0 aliphatic heterocycles. The summed E-state index contributed by atoms with van der Waals surface area (Å²) in [6, 6.07) is 16.1. The lowest BCUT2D eigenvalue weighted by molar-refractivity contribution is -0.113. The molecule has 7 nitrogen and oxygen atoms in total. The number of hydrogen-bond donors (Lipinski definition) is 1. The van der Waals surface area contributed by atoms with E-state index in [-0.39, 0.29) is 11.7 Å². The van der Waals surface area contributed by atoms with Gasteiger partial charge in [-0.25, -0.2) is 4.98 Å². The van der Waals surface area contributed by atoms with Crippen LogP contribution in [0.3, 0.4) is 0 Å². The summed E-state index contributed by atoms with van der Waals surface area (Å²) in [4.78, 5) is 17.0. The van der Waals surface area contributed by atoms with Crippen molar-refractivity contribution in [2.75, 3.05) is 18.2 Å². The van der Waals surface area contributed by atoms with Crippen LogP contribution in [0, 0.1) is 6.92 Å². The molecule has 0 bridgehead atoms. The quantitative estimate of drug-likeness (QED) is 0.338. The first-order valence-corrected chi connectivity index (χ1v) is 12.4. The molecule has 4 aromatic rings. The van der Waals surface area contributed by atoms with Crippen LogP contribution in [-0.4, -0.2) is 38.5 Å². The summed E-state index contributed by atoms with van der Waals surface area (Å²) >= 11 is 2.80. The van der Waals surface area contributed by atoms with E-state index in [9.17, 15) is 4.79 Å². The average Bonchev–Trinajstić information content (AvgIpc) is 3.45. The number of anilines is 1. The Hall–Kier alpha value is -3.17. The Morgan fingerprint density at radius 3 is 2.58 bits per heavy atom. The van der Waals surface area contributed by atoms with Crippen molar-refractivity contribution in [3.05, 3.63) is 70.9 Å². The molecule has 0 radical (unpaired) electrons. The molecule has 0 aliphatic rings. The Morgan fingerprint density at radius 1 is 1.12 bits per heavy atom. The van der Waals surface area contributed by atoms with Gasteiger partial charge in [0.25, 0.3) is 0 Å². The Bertz CT molecular complexity index is 1220. The van der Waals surface area contributed by atoms with Crippen molar-refractivity contribution in [1.82, 2.24) is 19.7 Å². The van der Waals surface area contributed by atoms with E-state index in [1.54, 1.807) is 7.11 Å². The molecule has 0 aliphatic carbocycles. The van der Waals surface area contributed by atoms with E-state index in [0.717, 1.165) is 40.1 Å². The monoisotopic (exact) mass is 479 g/mol. The van der Waals surface area contributed by atoms with Crippen LogP contribution in [0.5, 0.6) is 5.75 Å². The van der Waals surface area contributed by atoms with E-state index in [1.807, 2.05) is 53.3 Å². The number of aromatic nitrogens is 4. The Morgan fingerprint density at radius 2 is 1.88 bits per heavy atom. The molecule has 33 heavy (non-hydrogen) atoms. The number of carbonyl (C=O) groups is 1. The van der Waals surface area contributed by atoms with E-state index in [0.29, 0.717) is 11.6 Å². The minimum atomic E-state index is -0.118. The molecule has 0 fully saturated rings. The van der Waals surface area contributed by atoms with Crippen molar-refractivity contribution in [2.45, 2.75) is 32.0 Å². The first-order valence-electron chi connectivity index (χ1n) is 10.6. The molecule has 4 rings (SSSR count). The number of hydrogen-bond acceptors (Lipinski definition) is 7. The van der Waals surface area contributed by atoms with Gasteiger partial charge in [0.1, 0.15) is 11.6 Å². The standard InChI is InChI=1S/C24H25N5O2S2/c1-4-29-21(13-17-7-11-19(31-3)12-8-17)27-28-24(29)33-15-22(30)26-23-25-20(14-32-23)18-9-5-16(2)6-10-18/h5-12,14H,4,13,15H2,1-3H3,(H,25,26,30). The molecule has 2 aromatic heterocycles. The summed E-state index contributed by atoms with van der Waals surface area (Å²) < 4.78 is 7.26. The van der Waals surface area contributed by atoms with E-state index in [1.165, 1.54) is 28.7 Å². The van der Waals surface area contributed by atoms with Crippen molar-refractivity contribution < 1.29 is 9.53 Å². The Kier molecular flexibility index (Phi) is 7.41. The Labute approximate surface area is 201 Å². The van der Waals surface area contributed by atoms with Crippen LogP contribution in [0.15, 0.2) is 59.1 Å². The molecular formula is C24H25N5O2S2. The minimum Gasteiger partial charge on any atom is -0.497 e. The van der Waals surface area contributed by atoms with Gasteiger partial charge in [-0.15, -0.1) is 21.5 Å². The van der Waals surface area contributed by atoms with E-state index >= 15 is 0 Å². The van der Waals surface area contributed by atoms with Crippen LogP contribution in [0.4, 0.5) is 5.13 Å². The van der Waals surface area contributed by atoms with E-state index in [2.05, 4.69) is 39.6 Å². The minimum absolute atomic E-state index is 0.118. The molecule has 1 N–H and O–H groups in total. The van der Waals surface area contributed by atoms with Gasteiger partial charge in [-0.1, -0.05) is 53.7 Å². The van der Waals surface area contributed by atoms with Gasteiger partial charge < -0.3 is 14.6 Å². The van der Waals surface area contributed by atoms with Gasteiger partial charge in [-0.3, -0.25) is 4.79 Å². The van der Waals surface area contributed by atoms with Crippen LogP contribution in [0.2, 0.25) is 0 Å². The number of carbonyl (C=O) groups excluding carboxylic acids is 1. The highest BCUT2D eigenvalue weighted by Crippen LogP contribution is 2.26. The molecule has 0 saturated carbocycles. The third kappa shape index (κ3) is 5.80. The largest absolute Gasteiger partial charge is 0.497 e. The van der Waals surface area contributed by atoms with Crippen molar-refractivity contribution in [1.29, 1.82) is 0 Å². The lowest BCUT2D eigenvalue weighted by Gasteiger charge is -2.08. The first-order chi connectivity index (χ1) is 16.1. The normalized spacial score (nSPS) is 10.9. The van der Waals surface area contributed by atoms with Gasteiger partial charge in [-0.2, -0.15) is 0 Å².